The molecule has 31 heavy (non-hydrogen) atoms. The lowest BCUT2D eigenvalue weighted by Crippen LogP contribution is -2.43. The van der Waals surface area contributed by atoms with Crippen molar-refractivity contribution >= 4 is 11.9 Å². The molecule has 4 rings (SSSR count). The molecule has 0 bridgehead atoms. The highest BCUT2D eigenvalue weighted by Gasteiger charge is 2.34. The topological polar surface area (TPSA) is 76.1 Å². The third-order valence-electron chi connectivity index (χ3n) is 5.70. The summed E-state index contributed by atoms with van der Waals surface area (Å²) in [5.41, 5.74) is 4.31. The highest BCUT2D eigenvalue weighted by molar-refractivity contribution is 5.90. The molecule has 1 aliphatic heterocycles. The SMILES string of the molecule is Cc1ccc(C[C@@]2(Nc3ncc(C(=O)OCc4ccccc4)c(C)n3)CCNC2)cc1. The van der Waals surface area contributed by atoms with E-state index in [2.05, 4.69) is 51.8 Å². The molecule has 160 valence electrons. The Labute approximate surface area is 183 Å². The minimum absolute atomic E-state index is 0.156. The Kier molecular flexibility index (Phi) is 6.28. The summed E-state index contributed by atoms with van der Waals surface area (Å²) in [7, 11) is 0. The van der Waals surface area contributed by atoms with Gasteiger partial charge in [0.15, 0.2) is 0 Å². The molecule has 6 heteroatoms. The highest BCUT2D eigenvalue weighted by Crippen LogP contribution is 2.25. The molecule has 0 saturated carbocycles. The number of nitrogens with one attached hydrogen (secondary N) is 2. The summed E-state index contributed by atoms with van der Waals surface area (Å²) >= 11 is 0. The number of ether oxygens (including phenoxy) is 1. The minimum Gasteiger partial charge on any atom is -0.457 e. The van der Waals surface area contributed by atoms with Crippen LogP contribution in [0.4, 0.5) is 5.95 Å². The standard InChI is InChI=1S/C25H28N4O2/c1-18-8-10-20(11-9-18)14-25(12-13-26-17-25)29-24-27-15-22(19(2)28-24)23(30)31-16-21-6-4-3-5-7-21/h3-11,15,26H,12-14,16-17H2,1-2H3,(H,27,28,29)/t25-/m0/s1. The number of carbonyl (C=O) groups is 1. The zero-order chi connectivity index (χ0) is 21.7. The van der Waals surface area contributed by atoms with Gasteiger partial charge in [-0.05, 0) is 44.4 Å². The van der Waals surface area contributed by atoms with Crippen molar-refractivity contribution in [1.82, 2.24) is 15.3 Å². The normalized spacial score (nSPS) is 18.0. The number of aryl methyl sites for hydroxylation is 2. The molecular formula is C25H28N4O2. The van der Waals surface area contributed by atoms with Gasteiger partial charge in [0, 0.05) is 12.7 Å². The summed E-state index contributed by atoms with van der Waals surface area (Å²) in [5.74, 6) is 0.123. The van der Waals surface area contributed by atoms with Crippen LogP contribution in [0.2, 0.25) is 0 Å². The van der Waals surface area contributed by atoms with Gasteiger partial charge in [0.25, 0.3) is 0 Å². The largest absolute Gasteiger partial charge is 0.457 e. The number of aromatic nitrogens is 2. The molecule has 2 aromatic carbocycles. The summed E-state index contributed by atoms with van der Waals surface area (Å²) in [4.78, 5) is 21.5. The van der Waals surface area contributed by atoms with E-state index in [1.165, 1.54) is 11.1 Å². The summed E-state index contributed by atoms with van der Waals surface area (Å²) < 4.78 is 5.43. The molecule has 6 nitrogen and oxygen atoms in total. The Hall–Kier alpha value is -3.25. The molecular weight excluding hydrogens is 388 g/mol. The number of hydrogen-bond donors (Lipinski definition) is 2. The van der Waals surface area contributed by atoms with Crippen molar-refractivity contribution in [3.05, 3.63) is 88.7 Å². The molecule has 2 heterocycles. The smallest absolute Gasteiger partial charge is 0.341 e. The zero-order valence-corrected chi connectivity index (χ0v) is 18.0. The summed E-state index contributed by atoms with van der Waals surface area (Å²) in [6.07, 6.45) is 3.41. The Morgan fingerprint density at radius 2 is 1.87 bits per heavy atom. The van der Waals surface area contributed by atoms with Crippen LogP contribution in [-0.2, 0) is 17.8 Å². The number of benzene rings is 2. The van der Waals surface area contributed by atoms with Crippen LogP contribution in [-0.4, -0.2) is 34.6 Å². The number of carbonyl (C=O) groups excluding carboxylic acids is 1. The number of rotatable bonds is 7. The van der Waals surface area contributed by atoms with Crippen molar-refractivity contribution in [2.24, 2.45) is 0 Å². The molecule has 0 spiro atoms. The molecule has 3 aromatic rings. The fourth-order valence-corrected chi connectivity index (χ4v) is 3.91. The third kappa shape index (κ3) is 5.27. The second kappa shape index (κ2) is 9.27. The Morgan fingerprint density at radius 1 is 1.10 bits per heavy atom. The molecule has 1 fully saturated rings. The lowest BCUT2D eigenvalue weighted by Gasteiger charge is -2.30. The van der Waals surface area contributed by atoms with Gasteiger partial charge in [0.05, 0.1) is 16.8 Å². The van der Waals surface area contributed by atoms with Crippen molar-refractivity contribution < 1.29 is 9.53 Å². The van der Waals surface area contributed by atoms with Crippen LogP contribution in [0, 0.1) is 13.8 Å². The molecule has 2 N–H and O–H groups in total. The number of nitrogens with zero attached hydrogens (tertiary/aromatic N) is 2. The zero-order valence-electron chi connectivity index (χ0n) is 18.0. The molecule has 1 atom stereocenters. The fraction of sp³-hybridized carbons (Fsp3) is 0.320. The fourth-order valence-electron chi connectivity index (χ4n) is 3.91. The monoisotopic (exact) mass is 416 g/mol. The second-order valence-corrected chi connectivity index (χ2v) is 8.25. The lowest BCUT2D eigenvalue weighted by atomic mass is 9.89. The molecule has 0 aliphatic carbocycles. The maximum absolute atomic E-state index is 12.5. The molecule has 1 aliphatic rings. The van der Waals surface area contributed by atoms with E-state index in [0.717, 1.165) is 31.5 Å². The van der Waals surface area contributed by atoms with Gasteiger partial charge >= 0.3 is 5.97 Å². The van der Waals surface area contributed by atoms with E-state index >= 15 is 0 Å². The van der Waals surface area contributed by atoms with Gasteiger partial charge in [-0.2, -0.15) is 0 Å². The molecule has 0 unspecified atom stereocenters. The van der Waals surface area contributed by atoms with E-state index in [-0.39, 0.29) is 12.1 Å². The van der Waals surface area contributed by atoms with Gasteiger partial charge in [-0.1, -0.05) is 60.2 Å². The van der Waals surface area contributed by atoms with E-state index in [4.69, 9.17) is 4.74 Å². The van der Waals surface area contributed by atoms with Crippen molar-refractivity contribution in [1.29, 1.82) is 0 Å². The van der Waals surface area contributed by atoms with E-state index < -0.39 is 5.97 Å². The maximum Gasteiger partial charge on any atom is 0.341 e. The predicted octanol–water partition coefficient (Wildman–Crippen LogP) is 3.84. The van der Waals surface area contributed by atoms with Crippen LogP contribution < -0.4 is 10.6 Å². The van der Waals surface area contributed by atoms with Gasteiger partial charge in [-0.3, -0.25) is 0 Å². The van der Waals surface area contributed by atoms with Crippen LogP contribution in [0.3, 0.4) is 0 Å². The van der Waals surface area contributed by atoms with Crippen LogP contribution >= 0.6 is 0 Å². The van der Waals surface area contributed by atoms with Gasteiger partial charge in [-0.25, -0.2) is 14.8 Å². The van der Waals surface area contributed by atoms with Gasteiger partial charge in [0.1, 0.15) is 6.61 Å². The Balaban J connectivity index is 1.44. The van der Waals surface area contributed by atoms with Crippen LogP contribution in [0.25, 0.3) is 0 Å². The van der Waals surface area contributed by atoms with Crippen LogP contribution in [0.15, 0.2) is 60.8 Å². The van der Waals surface area contributed by atoms with Gasteiger partial charge in [-0.15, -0.1) is 0 Å². The first-order valence-electron chi connectivity index (χ1n) is 10.6. The van der Waals surface area contributed by atoms with Crippen molar-refractivity contribution in [3.63, 3.8) is 0 Å². The summed E-state index contributed by atoms with van der Waals surface area (Å²) in [6.45, 7) is 5.92. The first-order chi connectivity index (χ1) is 15.0. The highest BCUT2D eigenvalue weighted by atomic mass is 16.5. The van der Waals surface area contributed by atoms with E-state index in [1.54, 1.807) is 6.20 Å². The molecule has 1 aromatic heterocycles. The number of anilines is 1. The van der Waals surface area contributed by atoms with Crippen molar-refractivity contribution in [3.8, 4) is 0 Å². The first-order valence-corrected chi connectivity index (χ1v) is 10.6. The van der Waals surface area contributed by atoms with E-state index in [1.807, 2.05) is 37.3 Å². The summed E-state index contributed by atoms with van der Waals surface area (Å²) in [5, 5.41) is 6.99. The third-order valence-corrected chi connectivity index (χ3v) is 5.70. The van der Waals surface area contributed by atoms with E-state index in [9.17, 15) is 4.79 Å². The quantitative estimate of drug-likeness (QED) is 0.570. The lowest BCUT2D eigenvalue weighted by molar-refractivity contribution is 0.0471. The predicted molar refractivity (Wildman–Crippen MR) is 121 cm³/mol. The number of esters is 1. The minimum atomic E-state index is -0.412. The molecule has 1 saturated heterocycles. The maximum atomic E-state index is 12.5. The average molecular weight is 417 g/mol. The van der Waals surface area contributed by atoms with Crippen LogP contribution in [0.1, 0.15) is 39.2 Å². The molecule has 0 radical (unpaired) electrons. The summed E-state index contributed by atoms with van der Waals surface area (Å²) in [6, 6.07) is 18.2. The second-order valence-electron chi connectivity index (χ2n) is 8.25. The number of hydrogen-bond acceptors (Lipinski definition) is 6. The first kappa shape index (κ1) is 21.0. The van der Waals surface area contributed by atoms with E-state index in [0.29, 0.717) is 17.2 Å². The molecule has 0 amide bonds. The van der Waals surface area contributed by atoms with Crippen LogP contribution in [0.5, 0.6) is 0 Å². The average Bonchev–Trinajstić information content (AvgIpc) is 3.22. The Morgan fingerprint density at radius 3 is 2.55 bits per heavy atom. The van der Waals surface area contributed by atoms with Crippen molar-refractivity contribution in [2.45, 2.75) is 38.8 Å². The van der Waals surface area contributed by atoms with Crippen molar-refractivity contribution in [2.75, 3.05) is 18.4 Å². The Bertz CT molecular complexity index is 1030. The van der Waals surface area contributed by atoms with Gasteiger partial charge < -0.3 is 15.4 Å². The van der Waals surface area contributed by atoms with Gasteiger partial charge in [0.2, 0.25) is 5.95 Å².